The molecule has 1 radical (unpaired) electrons. The van der Waals surface area contributed by atoms with Crippen molar-refractivity contribution in [2.75, 3.05) is 13.2 Å². The van der Waals surface area contributed by atoms with E-state index in [1.165, 1.54) is 0 Å². The summed E-state index contributed by atoms with van der Waals surface area (Å²) in [6.07, 6.45) is -0.277. The Balaban J connectivity index is 3.20. The van der Waals surface area contributed by atoms with Crippen molar-refractivity contribution in [3.05, 3.63) is 0 Å². The summed E-state index contributed by atoms with van der Waals surface area (Å²) in [5, 5.41) is 22.0. The molecule has 1 aliphatic rings. The Hall–Kier alpha value is 0.0300. The van der Waals surface area contributed by atoms with Gasteiger partial charge in [0.1, 0.15) is 0 Å². The third-order valence-corrected chi connectivity index (χ3v) is 6.27. The Labute approximate surface area is 115 Å². The molecule has 7 heteroatoms. The first-order valence-electron chi connectivity index (χ1n) is 6.67. The summed E-state index contributed by atoms with van der Waals surface area (Å²) in [5.74, 6) is 0. The van der Waals surface area contributed by atoms with Gasteiger partial charge in [0.25, 0.3) is 0 Å². The van der Waals surface area contributed by atoms with Crippen molar-refractivity contribution in [1.29, 1.82) is 0 Å². The lowest BCUT2D eigenvalue weighted by molar-refractivity contribution is -0.284. The van der Waals surface area contributed by atoms with Crippen LogP contribution in [-0.2, 0) is 18.8 Å². The summed E-state index contributed by atoms with van der Waals surface area (Å²) >= 11 is 0. The summed E-state index contributed by atoms with van der Waals surface area (Å²) < 4.78 is 23.5. The number of hydrogen-bond acceptors (Lipinski definition) is 5. The maximum Gasteiger partial charge on any atom is 0.353 e. The normalized spacial score (nSPS) is 32.5. The van der Waals surface area contributed by atoms with Crippen molar-refractivity contribution in [1.82, 2.24) is 5.06 Å². The predicted molar refractivity (Wildman–Crippen MR) is 71.1 cm³/mol. The molecule has 1 rings (SSSR count). The van der Waals surface area contributed by atoms with Crippen LogP contribution in [0.2, 0.25) is 0 Å². The quantitative estimate of drug-likeness (QED) is 0.788. The van der Waals surface area contributed by atoms with Crippen LogP contribution >= 0.6 is 7.60 Å². The molecule has 0 spiro atoms. The largest absolute Gasteiger partial charge is 0.393 e. The minimum atomic E-state index is -3.63. The molecule has 1 N–H and O–H groups in total. The first kappa shape index (κ1) is 17.1. The minimum Gasteiger partial charge on any atom is -0.393 e. The van der Waals surface area contributed by atoms with Crippen LogP contribution in [0, 0.1) is 0 Å². The molecular formula is C12H25NO5P. The molecule has 0 bridgehead atoms. The average molecular weight is 294 g/mol. The van der Waals surface area contributed by atoms with Crippen LogP contribution in [0.15, 0.2) is 0 Å². The van der Waals surface area contributed by atoms with Crippen LogP contribution in [-0.4, -0.2) is 40.3 Å². The molecule has 0 saturated carbocycles. The summed E-state index contributed by atoms with van der Waals surface area (Å²) in [6.45, 7) is 8.79. The standard InChI is InChI=1S/C12H25NO5P/c1-6-17-19(16,18-7-2)12(5)9-10(14)8-11(3,4)13(12)15/h10,14H,6-9H2,1-5H3/t10-,12?/m0/s1. The second-order valence-electron chi connectivity index (χ2n) is 5.72. The van der Waals surface area contributed by atoms with Gasteiger partial charge in [-0.25, -0.2) is 0 Å². The van der Waals surface area contributed by atoms with Gasteiger partial charge in [0, 0.05) is 12.0 Å². The highest BCUT2D eigenvalue weighted by atomic mass is 31.2. The van der Waals surface area contributed by atoms with E-state index in [1.54, 1.807) is 34.6 Å². The lowest BCUT2D eigenvalue weighted by Gasteiger charge is -2.51. The Morgan fingerprint density at radius 3 is 2.11 bits per heavy atom. The van der Waals surface area contributed by atoms with Crippen molar-refractivity contribution >= 4 is 7.60 Å². The third-order valence-electron chi connectivity index (χ3n) is 3.53. The van der Waals surface area contributed by atoms with Gasteiger partial charge in [0.2, 0.25) is 0 Å². The number of nitrogens with zero attached hydrogens (tertiary/aromatic N) is 1. The molecule has 0 aromatic rings. The van der Waals surface area contributed by atoms with Gasteiger partial charge < -0.3 is 14.2 Å². The van der Waals surface area contributed by atoms with Crippen molar-refractivity contribution in [3.63, 3.8) is 0 Å². The van der Waals surface area contributed by atoms with Crippen LogP contribution in [0.4, 0.5) is 0 Å². The topological polar surface area (TPSA) is 78.9 Å². The van der Waals surface area contributed by atoms with Crippen LogP contribution in [0.5, 0.6) is 0 Å². The molecule has 6 nitrogen and oxygen atoms in total. The van der Waals surface area contributed by atoms with Gasteiger partial charge in [-0.1, -0.05) is 0 Å². The molecule has 2 atom stereocenters. The second-order valence-corrected chi connectivity index (χ2v) is 8.19. The zero-order valence-corrected chi connectivity index (χ0v) is 13.3. The molecule has 1 saturated heterocycles. The van der Waals surface area contributed by atoms with Crippen molar-refractivity contribution < 1.29 is 23.9 Å². The predicted octanol–water partition coefficient (Wildman–Crippen LogP) is 2.55. The highest BCUT2D eigenvalue weighted by Crippen LogP contribution is 2.65. The summed E-state index contributed by atoms with van der Waals surface area (Å²) in [7, 11) is -3.63. The van der Waals surface area contributed by atoms with Gasteiger partial charge in [-0.2, -0.15) is 0 Å². The van der Waals surface area contributed by atoms with Gasteiger partial charge in [-0.15, -0.1) is 10.3 Å². The number of aliphatic hydroxyl groups excluding tert-OH is 1. The molecule has 19 heavy (non-hydrogen) atoms. The van der Waals surface area contributed by atoms with E-state index >= 15 is 0 Å². The van der Waals surface area contributed by atoms with E-state index in [2.05, 4.69) is 0 Å². The smallest absolute Gasteiger partial charge is 0.353 e. The summed E-state index contributed by atoms with van der Waals surface area (Å²) in [6, 6.07) is 0. The first-order valence-corrected chi connectivity index (χ1v) is 8.22. The number of piperidine rings is 1. The van der Waals surface area contributed by atoms with E-state index in [-0.39, 0.29) is 19.6 Å². The number of rotatable bonds is 5. The summed E-state index contributed by atoms with van der Waals surface area (Å²) in [4.78, 5) is 0. The van der Waals surface area contributed by atoms with Gasteiger partial charge >= 0.3 is 7.60 Å². The third kappa shape index (κ3) is 3.04. The molecule has 1 unspecified atom stereocenters. The van der Waals surface area contributed by atoms with E-state index < -0.39 is 24.5 Å². The lowest BCUT2D eigenvalue weighted by atomic mass is 9.86. The lowest BCUT2D eigenvalue weighted by Crippen LogP contribution is -2.60. The molecule has 0 aromatic carbocycles. The highest BCUT2D eigenvalue weighted by Gasteiger charge is 2.60. The van der Waals surface area contributed by atoms with E-state index in [4.69, 9.17) is 9.05 Å². The van der Waals surface area contributed by atoms with Crippen molar-refractivity contribution in [2.45, 2.75) is 64.4 Å². The fourth-order valence-electron chi connectivity index (χ4n) is 2.79. The molecule has 0 aliphatic carbocycles. The fourth-order valence-corrected chi connectivity index (χ4v) is 5.03. The Bertz CT molecular complexity index is 352. The first-order chi connectivity index (χ1) is 8.63. The van der Waals surface area contributed by atoms with Crippen LogP contribution in [0.1, 0.15) is 47.5 Å². The molecular weight excluding hydrogens is 269 g/mol. The zero-order valence-electron chi connectivity index (χ0n) is 12.4. The van der Waals surface area contributed by atoms with Gasteiger partial charge in [-0.3, -0.25) is 4.57 Å². The Morgan fingerprint density at radius 2 is 1.68 bits per heavy atom. The van der Waals surface area contributed by atoms with E-state index in [1.807, 2.05) is 0 Å². The molecule has 0 aromatic heterocycles. The Kier molecular flexibility index (Phi) is 5.21. The molecule has 1 fully saturated rings. The molecule has 0 amide bonds. The summed E-state index contributed by atoms with van der Waals surface area (Å²) in [5.41, 5.74) is -0.809. The fraction of sp³-hybridized carbons (Fsp3) is 1.00. The van der Waals surface area contributed by atoms with Gasteiger partial charge in [-0.05, 0) is 41.0 Å². The van der Waals surface area contributed by atoms with Crippen molar-refractivity contribution in [2.24, 2.45) is 0 Å². The molecule has 113 valence electrons. The van der Waals surface area contributed by atoms with E-state index in [0.29, 0.717) is 6.42 Å². The average Bonchev–Trinajstić information content (AvgIpc) is 2.25. The second kappa shape index (κ2) is 5.80. The van der Waals surface area contributed by atoms with E-state index in [9.17, 15) is 14.9 Å². The van der Waals surface area contributed by atoms with Crippen LogP contribution < -0.4 is 0 Å². The van der Waals surface area contributed by atoms with Crippen LogP contribution in [0.3, 0.4) is 0 Å². The van der Waals surface area contributed by atoms with E-state index in [0.717, 1.165) is 5.06 Å². The monoisotopic (exact) mass is 294 g/mol. The Morgan fingerprint density at radius 1 is 1.21 bits per heavy atom. The maximum absolute atomic E-state index is 12.9. The number of aliphatic hydroxyl groups is 1. The SMILES string of the molecule is CCOP(=O)(OCC)C1(C)C[C@@H](O)CC(C)(C)N1[O]. The minimum absolute atomic E-state index is 0.0806. The molecule has 1 heterocycles. The molecule has 1 aliphatic heterocycles. The van der Waals surface area contributed by atoms with Crippen LogP contribution in [0.25, 0.3) is 0 Å². The van der Waals surface area contributed by atoms with Gasteiger partial charge in [0.05, 0.1) is 19.3 Å². The zero-order chi connectivity index (χ0) is 14.9. The maximum atomic E-state index is 12.9. The number of hydroxylamine groups is 2. The highest BCUT2D eigenvalue weighted by molar-refractivity contribution is 7.55. The van der Waals surface area contributed by atoms with Crippen molar-refractivity contribution in [3.8, 4) is 0 Å². The number of hydrogen-bond donors (Lipinski definition) is 1. The van der Waals surface area contributed by atoms with Gasteiger partial charge in [0.15, 0.2) is 5.28 Å².